The second kappa shape index (κ2) is 3.95. The van der Waals surface area contributed by atoms with Crippen LogP contribution in [0.15, 0.2) is 18.2 Å². The molecule has 2 aromatic heterocycles. The Morgan fingerprint density at radius 1 is 1.46 bits per heavy atom. The SMILES string of the molecule is Brc1cc(-c2nc(I)no2)c(Br)s1. The molecule has 2 heterocycles. The third kappa shape index (κ3) is 2.13. The van der Waals surface area contributed by atoms with Crippen LogP contribution in [0.5, 0.6) is 0 Å². The molecule has 2 aromatic rings. The number of hydrogen-bond acceptors (Lipinski definition) is 4. The summed E-state index contributed by atoms with van der Waals surface area (Å²) in [6, 6.07) is 1.94. The van der Waals surface area contributed by atoms with Crippen LogP contribution >= 0.6 is 65.8 Å². The van der Waals surface area contributed by atoms with Crippen molar-refractivity contribution in [1.29, 1.82) is 0 Å². The molecule has 13 heavy (non-hydrogen) atoms. The minimum absolute atomic E-state index is 0.540. The number of halogens is 3. The molecule has 7 heteroatoms. The van der Waals surface area contributed by atoms with Crippen molar-refractivity contribution in [2.24, 2.45) is 0 Å². The van der Waals surface area contributed by atoms with E-state index in [1.54, 1.807) is 11.3 Å². The second-order valence-electron chi connectivity index (χ2n) is 2.11. The van der Waals surface area contributed by atoms with Crippen molar-refractivity contribution in [3.05, 3.63) is 17.5 Å². The van der Waals surface area contributed by atoms with Gasteiger partial charge in [-0.15, -0.1) is 11.3 Å². The third-order valence-corrected chi connectivity index (χ3v) is 4.07. The number of thiophene rings is 1. The van der Waals surface area contributed by atoms with E-state index in [0.29, 0.717) is 9.72 Å². The molecule has 0 N–H and O–H groups in total. The van der Waals surface area contributed by atoms with Gasteiger partial charge in [0.2, 0.25) is 3.83 Å². The number of rotatable bonds is 1. The van der Waals surface area contributed by atoms with Crippen LogP contribution in [0.1, 0.15) is 0 Å². The summed E-state index contributed by atoms with van der Waals surface area (Å²) in [6.45, 7) is 0. The van der Waals surface area contributed by atoms with Gasteiger partial charge in [0.25, 0.3) is 5.89 Å². The fraction of sp³-hybridized carbons (Fsp3) is 0. The lowest BCUT2D eigenvalue weighted by molar-refractivity contribution is 0.426. The standard InChI is InChI=1S/C6HBr2IN2OS/c7-3-1-2(4(8)13-3)5-10-6(9)11-12-5/h1H. The second-order valence-corrected chi connectivity index (χ2v) is 6.82. The van der Waals surface area contributed by atoms with E-state index in [1.807, 2.05) is 28.7 Å². The predicted molar refractivity (Wildman–Crippen MR) is 65.7 cm³/mol. The molecule has 0 aliphatic carbocycles. The summed E-state index contributed by atoms with van der Waals surface area (Å²) in [4.78, 5) is 4.12. The Labute approximate surface area is 108 Å². The van der Waals surface area contributed by atoms with Crippen LogP contribution in [0.4, 0.5) is 0 Å². The average Bonchev–Trinajstić information content (AvgIpc) is 2.58. The number of nitrogens with zero attached hydrogens (tertiary/aromatic N) is 2. The van der Waals surface area contributed by atoms with Crippen molar-refractivity contribution in [3.8, 4) is 11.5 Å². The number of aromatic nitrogens is 2. The zero-order chi connectivity index (χ0) is 9.42. The zero-order valence-electron chi connectivity index (χ0n) is 5.92. The lowest BCUT2D eigenvalue weighted by Crippen LogP contribution is -1.74. The molecular weight excluding hydrogens is 435 g/mol. The van der Waals surface area contributed by atoms with E-state index in [-0.39, 0.29) is 0 Å². The van der Waals surface area contributed by atoms with Gasteiger partial charge in [-0.25, -0.2) is 0 Å². The summed E-state index contributed by atoms with van der Waals surface area (Å²) >= 11 is 10.4. The molecule has 0 amide bonds. The van der Waals surface area contributed by atoms with Gasteiger partial charge in [0.15, 0.2) is 0 Å². The highest BCUT2D eigenvalue weighted by atomic mass is 127. The first kappa shape index (κ1) is 10.1. The molecule has 0 radical (unpaired) electrons. The van der Waals surface area contributed by atoms with E-state index in [2.05, 4.69) is 42.0 Å². The van der Waals surface area contributed by atoms with Crippen molar-refractivity contribution >= 4 is 65.8 Å². The highest BCUT2D eigenvalue weighted by Gasteiger charge is 2.13. The lowest BCUT2D eigenvalue weighted by Gasteiger charge is -1.86. The maximum Gasteiger partial charge on any atom is 0.260 e. The molecular formula is C6HBr2IN2OS. The molecule has 0 unspecified atom stereocenters. The van der Waals surface area contributed by atoms with Gasteiger partial charge in [-0.1, -0.05) is 5.16 Å². The summed E-state index contributed by atoms with van der Waals surface area (Å²) in [5.41, 5.74) is 0.923. The van der Waals surface area contributed by atoms with E-state index >= 15 is 0 Å². The first-order valence-corrected chi connectivity index (χ1v) is 6.59. The Morgan fingerprint density at radius 2 is 2.23 bits per heavy atom. The zero-order valence-corrected chi connectivity index (χ0v) is 12.1. The fourth-order valence-electron chi connectivity index (χ4n) is 0.801. The largest absolute Gasteiger partial charge is 0.333 e. The summed E-state index contributed by atoms with van der Waals surface area (Å²) < 4.78 is 7.66. The van der Waals surface area contributed by atoms with Gasteiger partial charge in [0, 0.05) is 22.6 Å². The molecule has 0 saturated carbocycles. The van der Waals surface area contributed by atoms with Gasteiger partial charge in [0.1, 0.15) is 0 Å². The van der Waals surface area contributed by atoms with Crippen molar-refractivity contribution < 1.29 is 4.52 Å². The van der Waals surface area contributed by atoms with Crippen molar-refractivity contribution in [2.45, 2.75) is 0 Å². The quantitative estimate of drug-likeness (QED) is 0.637. The fourth-order valence-corrected chi connectivity index (χ4v) is 3.90. The Morgan fingerprint density at radius 3 is 2.69 bits per heavy atom. The molecule has 0 spiro atoms. The van der Waals surface area contributed by atoms with Crippen LogP contribution in [-0.2, 0) is 0 Å². The number of hydrogen-bond donors (Lipinski definition) is 0. The Kier molecular flexibility index (Phi) is 3.06. The van der Waals surface area contributed by atoms with Crippen molar-refractivity contribution in [1.82, 2.24) is 10.1 Å². The van der Waals surface area contributed by atoms with E-state index < -0.39 is 0 Å². The Balaban J connectivity index is 2.51. The molecule has 2 rings (SSSR count). The van der Waals surface area contributed by atoms with Crippen molar-refractivity contribution in [3.63, 3.8) is 0 Å². The van der Waals surface area contributed by atoms with E-state index in [9.17, 15) is 0 Å². The van der Waals surface area contributed by atoms with Crippen LogP contribution in [0.2, 0.25) is 0 Å². The summed E-state index contributed by atoms with van der Waals surface area (Å²) in [6.07, 6.45) is 0. The van der Waals surface area contributed by atoms with Crippen LogP contribution < -0.4 is 0 Å². The van der Waals surface area contributed by atoms with Crippen LogP contribution in [-0.4, -0.2) is 10.1 Å². The van der Waals surface area contributed by atoms with Crippen molar-refractivity contribution in [2.75, 3.05) is 0 Å². The Bertz CT molecular complexity index is 442. The molecule has 0 saturated heterocycles. The lowest BCUT2D eigenvalue weighted by atomic mass is 10.3. The maximum atomic E-state index is 5.03. The van der Waals surface area contributed by atoms with E-state index in [1.165, 1.54) is 0 Å². The smallest absolute Gasteiger partial charge is 0.260 e. The van der Waals surface area contributed by atoms with E-state index in [4.69, 9.17) is 4.52 Å². The van der Waals surface area contributed by atoms with Gasteiger partial charge < -0.3 is 4.52 Å². The van der Waals surface area contributed by atoms with E-state index in [0.717, 1.165) is 13.1 Å². The Hall–Kier alpha value is 0.530. The van der Waals surface area contributed by atoms with Gasteiger partial charge in [-0.3, -0.25) is 0 Å². The summed E-state index contributed by atoms with van der Waals surface area (Å²) in [5.74, 6) is 0.540. The molecule has 0 aliphatic heterocycles. The minimum atomic E-state index is 0.540. The van der Waals surface area contributed by atoms with Gasteiger partial charge in [0.05, 0.1) is 13.1 Å². The summed E-state index contributed by atoms with van der Waals surface area (Å²) in [7, 11) is 0. The third-order valence-electron chi connectivity index (χ3n) is 1.29. The first-order valence-electron chi connectivity index (χ1n) is 3.11. The van der Waals surface area contributed by atoms with Gasteiger partial charge in [-0.05, 0) is 37.9 Å². The maximum absolute atomic E-state index is 5.03. The predicted octanol–water partition coefficient (Wildman–Crippen LogP) is 3.93. The monoisotopic (exact) mass is 434 g/mol. The topological polar surface area (TPSA) is 38.9 Å². The van der Waals surface area contributed by atoms with Crippen LogP contribution in [0.25, 0.3) is 11.5 Å². The molecule has 0 fully saturated rings. The highest BCUT2D eigenvalue weighted by Crippen LogP contribution is 2.37. The molecule has 68 valence electrons. The minimum Gasteiger partial charge on any atom is -0.333 e. The molecule has 0 atom stereocenters. The first-order chi connectivity index (χ1) is 6.16. The highest BCUT2D eigenvalue weighted by molar-refractivity contribution is 14.1. The normalized spacial score (nSPS) is 10.7. The van der Waals surface area contributed by atoms with Crippen LogP contribution in [0, 0.1) is 3.83 Å². The molecule has 3 nitrogen and oxygen atoms in total. The average molecular weight is 436 g/mol. The molecule has 0 aromatic carbocycles. The van der Waals surface area contributed by atoms with Crippen LogP contribution in [0.3, 0.4) is 0 Å². The molecule has 0 aliphatic rings. The van der Waals surface area contributed by atoms with Gasteiger partial charge in [-0.2, -0.15) is 4.98 Å². The molecule has 0 bridgehead atoms. The summed E-state index contributed by atoms with van der Waals surface area (Å²) in [5, 5.41) is 3.71. The van der Waals surface area contributed by atoms with Gasteiger partial charge >= 0.3 is 0 Å².